The van der Waals surface area contributed by atoms with E-state index in [9.17, 15) is 14.7 Å². The molecule has 0 spiro atoms. The standard InChI is InChI=1S/C38H36N2O3/c1-39(2)26-31(28-14-8-5-9-15-28)20-22-36(41)34-24-33(30-18-12-7-13-19-30)25-35(38(34)43)37(42)23-21-32(27-40(3)4)29-16-10-6-11-17-29/h5-27,43H,1-4H3. The van der Waals surface area contributed by atoms with Crippen molar-refractivity contribution in [3.8, 4) is 16.9 Å². The van der Waals surface area contributed by atoms with Gasteiger partial charge in [-0.1, -0.05) is 91.0 Å². The number of rotatable bonds is 11. The van der Waals surface area contributed by atoms with Crippen LogP contribution in [0.5, 0.6) is 5.75 Å². The molecule has 0 saturated carbocycles. The Labute approximate surface area is 254 Å². The van der Waals surface area contributed by atoms with Crippen LogP contribution in [-0.4, -0.2) is 54.7 Å². The lowest BCUT2D eigenvalue weighted by atomic mass is 9.94. The molecule has 5 heteroatoms. The summed E-state index contributed by atoms with van der Waals surface area (Å²) < 4.78 is 0. The average Bonchev–Trinajstić information content (AvgIpc) is 3.02. The number of benzene rings is 4. The van der Waals surface area contributed by atoms with Gasteiger partial charge in [-0.3, -0.25) is 9.59 Å². The van der Waals surface area contributed by atoms with Crippen molar-refractivity contribution < 1.29 is 14.7 Å². The van der Waals surface area contributed by atoms with Gasteiger partial charge in [-0.15, -0.1) is 0 Å². The maximum absolute atomic E-state index is 13.6. The maximum Gasteiger partial charge on any atom is 0.189 e. The molecule has 4 aromatic rings. The highest BCUT2D eigenvalue weighted by molar-refractivity contribution is 6.14. The zero-order chi connectivity index (χ0) is 30.8. The first-order valence-electron chi connectivity index (χ1n) is 14.0. The Morgan fingerprint density at radius 2 is 0.907 bits per heavy atom. The Balaban J connectivity index is 1.76. The minimum absolute atomic E-state index is 0.0544. The van der Waals surface area contributed by atoms with Crippen molar-refractivity contribution in [1.82, 2.24) is 9.80 Å². The fraction of sp³-hybridized carbons (Fsp3) is 0.105. The molecule has 4 aromatic carbocycles. The van der Waals surface area contributed by atoms with E-state index in [0.29, 0.717) is 5.56 Å². The zero-order valence-electron chi connectivity index (χ0n) is 24.9. The first-order chi connectivity index (χ1) is 20.7. The third-order valence-electron chi connectivity index (χ3n) is 6.59. The van der Waals surface area contributed by atoms with Crippen LogP contribution >= 0.6 is 0 Å². The van der Waals surface area contributed by atoms with Gasteiger partial charge in [0, 0.05) is 40.6 Å². The number of aromatic hydroxyl groups is 1. The predicted octanol–water partition coefficient (Wildman–Crippen LogP) is 7.74. The Bertz CT molecular complexity index is 1580. The second kappa shape index (κ2) is 14.5. The Morgan fingerprint density at radius 1 is 0.535 bits per heavy atom. The second-order valence-corrected chi connectivity index (χ2v) is 10.5. The highest BCUT2D eigenvalue weighted by atomic mass is 16.3. The molecule has 216 valence electrons. The minimum Gasteiger partial charge on any atom is -0.506 e. The molecule has 43 heavy (non-hydrogen) atoms. The molecule has 0 aliphatic rings. The van der Waals surface area contributed by atoms with Crippen molar-refractivity contribution in [2.75, 3.05) is 28.2 Å². The molecule has 5 nitrogen and oxygen atoms in total. The molecule has 1 N–H and O–H groups in total. The quantitative estimate of drug-likeness (QED) is 0.114. The molecule has 4 rings (SSSR count). The molecular weight excluding hydrogens is 532 g/mol. The first-order valence-corrected chi connectivity index (χ1v) is 14.0. The largest absolute Gasteiger partial charge is 0.506 e. The summed E-state index contributed by atoms with van der Waals surface area (Å²) >= 11 is 0. The van der Waals surface area contributed by atoms with E-state index >= 15 is 0 Å². The molecule has 0 radical (unpaired) electrons. The van der Waals surface area contributed by atoms with Crippen LogP contribution in [0, 0.1) is 0 Å². The maximum atomic E-state index is 13.6. The van der Waals surface area contributed by atoms with E-state index in [-0.39, 0.29) is 16.9 Å². The number of phenols is 1. The molecule has 0 aliphatic heterocycles. The van der Waals surface area contributed by atoms with E-state index in [1.54, 1.807) is 24.3 Å². The SMILES string of the molecule is CN(C)C=C(C=CC(=O)c1cc(-c2ccccc2)cc(C(=O)C=CC(=CN(C)C)c2ccccc2)c1O)c1ccccc1. The van der Waals surface area contributed by atoms with E-state index in [1.165, 1.54) is 12.2 Å². The number of hydrogen-bond donors (Lipinski definition) is 1. The summed E-state index contributed by atoms with van der Waals surface area (Å²) in [7, 11) is 7.65. The average molecular weight is 569 g/mol. The van der Waals surface area contributed by atoms with Crippen molar-refractivity contribution in [1.29, 1.82) is 0 Å². The van der Waals surface area contributed by atoms with Crippen LogP contribution in [0.25, 0.3) is 22.3 Å². The number of allylic oxidation sites excluding steroid dienone is 6. The summed E-state index contributed by atoms with van der Waals surface area (Å²) in [5.74, 6) is -1.17. The smallest absolute Gasteiger partial charge is 0.189 e. The van der Waals surface area contributed by atoms with Gasteiger partial charge in [0.15, 0.2) is 11.6 Å². The van der Waals surface area contributed by atoms with Gasteiger partial charge in [-0.2, -0.15) is 0 Å². The van der Waals surface area contributed by atoms with Gasteiger partial charge in [-0.05, 0) is 69.8 Å². The lowest BCUT2D eigenvalue weighted by Crippen LogP contribution is -2.05. The summed E-state index contributed by atoms with van der Waals surface area (Å²) in [5.41, 5.74) is 5.15. The number of carbonyl (C=O) groups excluding carboxylic acids is 2. The third-order valence-corrected chi connectivity index (χ3v) is 6.59. The van der Waals surface area contributed by atoms with Crippen LogP contribution in [0.2, 0.25) is 0 Å². The molecule has 0 amide bonds. The number of hydrogen-bond acceptors (Lipinski definition) is 5. The van der Waals surface area contributed by atoms with E-state index in [0.717, 1.165) is 27.8 Å². The van der Waals surface area contributed by atoms with E-state index in [4.69, 9.17) is 0 Å². The molecule has 0 aliphatic carbocycles. The predicted molar refractivity (Wildman–Crippen MR) is 177 cm³/mol. The topological polar surface area (TPSA) is 60.9 Å². The van der Waals surface area contributed by atoms with Crippen molar-refractivity contribution in [2.24, 2.45) is 0 Å². The van der Waals surface area contributed by atoms with Gasteiger partial charge in [0.05, 0.1) is 11.1 Å². The van der Waals surface area contributed by atoms with Gasteiger partial charge in [-0.25, -0.2) is 0 Å². The van der Waals surface area contributed by atoms with Gasteiger partial charge < -0.3 is 14.9 Å². The number of phenolic OH excluding ortho intramolecular Hbond substituents is 1. The monoisotopic (exact) mass is 568 g/mol. The summed E-state index contributed by atoms with van der Waals surface area (Å²) in [6.45, 7) is 0. The fourth-order valence-electron chi connectivity index (χ4n) is 4.56. The number of ketones is 2. The van der Waals surface area contributed by atoms with E-state index < -0.39 is 11.6 Å². The summed E-state index contributed by atoms with van der Waals surface area (Å²) in [4.78, 5) is 31.0. The molecular formula is C38H36N2O3. The molecule has 0 atom stereocenters. The van der Waals surface area contributed by atoms with Crippen molar-refractivity contribution in [2.45, 2.75) is 0 Å². The normalized spacial score (nSPS) is 12.1. The minimum atomic E-state index is -0.411. The first kappa shape index (κ1) is 30.5. The van der Waals surface area contributed by atoms with E-state index in [2.05, 4.69) is 0 Å². The Morgan fingerprint density at radius 3 is 1.28 bits per heavy atom. The highest BCUT2D eigenvalue weighted by Gasteiger charge is 2.19. The number of nitrogens with zero attached hydrogens (tertiary/aromatic N) is 2. The number of carbonyl (C=O) groups is 2. The van der Waals surface area contributed by atoms with Gasteiger partial charge in [0.25, 0.3) is 0 Å². The molecule has 0 heterocycles. The lowest BCUT2D eigenvalue weighted by Gasteiger charge is -2.12. The summed E-state index contributed by atoms with van der Waals surface area (Å²) in [5, 5.41) is 11.3. The second-order valence-electron chi connectivity index (χ2n) is 10.5. The van der Waals surface area contributed by atoms with Crippen LogP contribution < -0.4 is 0 Å². The van der Waals surface area contributed by atoms with Gasteiger partial charge >= 0.3 is 0 Å². The van der Waals surface area contributed by atoms with Crippen molar-refractivity contribution >= 4 is 22.7 Å². The van der Waals surface area contributed by atoms with Gasteiger partial charge in [0.2, 0.25) is 0 Å². The molecule has 0 saturated heterocycles. The van der Waals surface area contributed by atoms with E-state index in [1.807, 2.05) is 141 Å². The Hall–Kier alpha value is -5.42. The zero-order valence-corrected chi connectivity index (χ0v) is 24.9. The van der Waals surface area contributed by atoms with Crippen LogP contribution in [0.4, 0.5) is 0 Å². The van der Waals surface area contributed by atoms with Crippen LogP contribution in [0.1, 0.15) is 31.8 Å². The third kappa shape index (κ3) is 8.30. The van der Waals surface area contributed by atoms with Crippen LogP contribution in [0.3, 0.4) is 0 Å². The molecule has 0 unspecified atom stereocenters. The van der Waals surface area contributed by atoms with Crippen LogP contribution in [0.15, 0.2) is 140 Å². The molecule has 0 bridgehead atoms. The molecule has 0 fully saturated rings. The van der Waals surface area contributed by atoms with Crippen molar-refractivity contribution in [3.05, 3.63) is 162 Å². The lowest BCUT2D eigenvalue weighted by molar-refractivity contribution is 0.104. The molecule has 0 aromatic heterocycles. The Kier molecular flexibility index (Phi) is 10.3. The summed E-state index contributed by atoms with van der Waals surface area (Å²) in [6.07, 6.45) is 10.2. The van der Waals surface area contributed by atoms with Crippen LogP contribution in [-0.2, 0) is 0 Å². The highest BCUT2D eigenvalue weighted by Crippen LogP contribution is 2.32. The fourth-order valence-corrected chi connectivity index (χ4v) is 4.56. The summed E-state index contributed by atoms with van der Waals surface area (Å²) in [6, 6.07) is 32.2. The van der Waals surface area contributed by atoms with Gasteiger partial charge in [0.1, 0.15) is 5.75 Å². The van der Waals surface area contributed by atoms with Crippen molar-refractivity contribution in [3.63, 3.8) is 0 Å².